The number of aliphatic imine (C=N–C) groups is 2. The maximum atomic E-state index is 13.4. The smallest absolute Gasteiger partial charge is 0.234 e. The third-order valence-electron chi connectivity index (χ3n) is 5.60. The van der Waals surface area contributed by atoms with E-state index in [9.17, 15) is 13.6 Å². The van der Waals surface area contributed by atoms with Crippen molar-refractivity contribution in [1.82, 2.24) is 4.90 Å². The van der Waals surface area contributed by atoms with E-state index in [-0.39, 0.29) is 17.3 Å². The van der Waals surface area contributed by atoms with Crippen LogP contribution in [0.4, 0.5) is 14.5 Å². The molecule has 0 bridgehead atoms. The molecule has 2 aromatic rings. The Labute approximate surface area is 195 Å². The largest absolute Gasteiger partial charge is 0.325 e. The highest BCUT2D eigenvalue weighted by atomic mass is 35.5. The summed E-state index contributed by atoms with van der Waals surface area (Å²) in [5.74, 6) is -2.23. The zero-order chi connectivity index (χ0) is 22.7. The number of nitrogens with one attached hydrogen (secondary N) is 1. The highest BCUT2D eigenvalue weighted by Gasteiger charge is 2.39. The maximum Gasteiger partial charge on any atom is 0.234 e. The van der Waals surface area contributed by atoms with E-state index in [0.717, 1.165) is 55.9 Å². The van der Waals surface area contributed by atoms with Crippen LogP contribution in [0.5, 0.6) is 0 Å². The quantitative estimate of drug-likeness (QED) is 0.660. The van der Waals surface area contributed by atoms with Gasteiger partial charge in [-0.15, -0.1) is 0 Å². The van der Waals surface area contributed by atoms with Crippen molar-refractivity contribution < 1.29 is 13.6 Å². The zero-order valence-corrected chi connectivity index (χ0v) is 19.1. The molecule has 0 aliphatic carbocycles. The van der Waals surface area contributed by atoms with Gasteiger partial charge in [0.25, 0.3) is 0 Å². The summed E-state index contributed by atoms with van der Waals surface area (Å²) in [6.07, 6.45) is 1.64. The second-order valence-electron chi connectivity index (χ2n) is 7.77. The van der Waals surface area contributed by atoms with Gasteiger partial charge in [0.2, 0.25) is 5.91 Å². The Bertz CT molecular complexity index is 1070. The van der Waals surface area contributed by atoms with Crippen molar-refractivity contribution in [1.29, 1.82) is 0 Å². The molecule has 1 amide bonds. The molecule has 0 saturated carbocycles. The van der Waals surface area contributed by atoms with Crippen LogP contribution in [0.3, 0.4) is 0 Å². The number of likely N-dealkylation sites (tertiary alicyclic amines) is 1. The van der Waals surface area contributed by atoms with E-state index < -0.39 is 17.3 Å². The molecule has 1 fully saturated rings. The summed E-state index contributed by atoms with van der Waals surface area (Å²) in [6, 6.07) is 10.7. The van der Waals surface area contributed by atoms with Crippen LogP contribution in [0.25, 0.3) is 0 Å². The summed E-state index contributed by atoms with van der Waals surface area (Å²) in [7, 11) is 0. The van der Waals surface area contributed by atoms with Gasteiger partial charge in [0.1, 0.15) is 5.04 Å². The average molecular weight is 477 g/mol. The summed E-state index contributed by atoms with van der Waals surface area (Å²) in [4.78, 5) is 24.8. The van der Waals surface area contributed by atoms with E-state index >= 15 is 0 Å². The lowest BCUT2D eigenvalue weighted by Gasteiger charge is -2.34. The summed E-state index contributed by atoms with van der Waals surface area (Å²) >= 11 is 7.34. The molecule has 1 saturated heterocycles. The van der Waals surface area contributed by atoms with Crippen LogP contribution >= 0.6 is 23.4 Å². The molecule has 0 radical (unpaired) electrons. The fourth-order valence-electron chi connectivity index (χ4n) is 3.78. The van der Waals surface area contributed by atoms with Gasteiger partial charge in [-0.1, -0.05) is 42.4 Å². The van der Waals surface area contributed by atoms with Gasteiger partial charge in [-0.05, 0) is 30.8 Å². The van der Waals surface area contributed by atoms with Crippen molar-refractivity contribution in [3.63, 3.8) is 0 Å². The fourth-order valence-corrected chi connectivity index (χ4v) is 4.78. The van der Waals surface area contributed by atoms with Crippen LogP contribution in [0.1, 0.15) is 25.3 Å². The first-order valence-electron chi connectivity index (χ1n) is 10.4. The van der Waals surface area contributed by atoms with Crippen molar-refractivity contribution >= 4 is 45.7 Å². The summed E-state index contributed by atoms with van der Waals surface area (Å²) in [6.45, 7) is 4.99. The lowest BCUT2D eigenvalue weighted by molar-refractivity contribution is -0.113. The molecule has 1 N–H and O–H groups in total. The Morgan fingerprint density at radius 3 is 2.50 bits per heavy atom. The summed E-state index contributed by atoms with van der Waals surface area (Å²) in [5.41, 5.74) is 1.37. The second kappa shape index (κ2) is 9.68. The predicted molar refractivity (Wildman–Crippen MR) is 127 cm³/mol. The standard InChI is InChI=1S/C23H23ClF2N4OS/c1-2-30-11-9-23(10-12-30)28-21(15-3-5-16(24)6-4-15)22(29-23)32-14-20(31)27-17-7-8-18(25)19(26)13-17/h3-8,13H,2,9-12,14H2,1H3,(H,27,31). The molecular weight excluding hydrogens is 454 g/mol. The van der Waals surface area contributed by atoms with E-state index in [2.05, 4.69) is 17.1 Å². The molecule has 0 unspecified atom stereocenters. The number of anilines is 1. The van der Waals surface area contributed by atoms with Gasteiger partial charge in [-0.25, -0.2) is 13.8 Å². The number of hydrogen-bond donors (Lipinski definition) is 1. The number of nitrogens with zero attached hydrogens (tertiary/aromatic N) is 3. The summed E-state index contributed by atoms with van der Waals surface area (Å²) < 4.78 is 26.5. The normalized spacial score (nSPS) is 17.9. The molecule has 2 heterocycles. The molecule has 2 aromatic carbocycles. The number of rotatable bonds is 5. The second-order valence-corrected chi connectivity index (χ2v) is 9.17. The predicted octanol–water partition coefficient (Wildman–Crippen LogP) is 5.00. The fraction of sp³-hybridized carbons (Fsp3) is 0.348. The molecule has 4 rings (SSSR count). The minimum atomic E-state index is -1.01. The number of amides is 1. The number of benzene rings is 2. The van der Waals surface area contributed by atoms with Gasteiger partial charge in [0, 0.05) is 48.3 Å². The van der Waals surface area contributed by atoms with Gasteiger partial charge >= 0.3 is 0 Å². The van der Waals surface area contributed by atoms with E-state index in [4.69, 9.17) is 21.6 Å². The summed E-state index contributed by atoms with van der Waals surface area (Å²) in [5, 5.41) is 3.94. The Morgan fingerprint density at radius 2 is 1.84 bits per heavy atom. The van der Waals surface area contributed by atoms with Gasteiger partial charge in [-0.2, -0.15) is 0 Å². The van der Waals surface area contributed by atoms with Crippen molar-refractivity contribution in [3.05, 3.63) is 64.7 Å². The van der Waals surface area contributed by atoms with Crippen molar-refractivity contribution in [2.45, 2.75) is 25.4 Å². The Kier molecular flexibility index (Phi) is 6.93. The minimum absolute atomic E-state index is 0.0710. The van der Waals surface area contributed by atoms with E-state index in [1.165, 1.54) is 17.8 Å². The monoisotopic (exact) mass is 476 g/mol. The average Bonchev–Trinajstić information content (AvgIpc) is 3.14. The molecule has 2 aliphatic heterocycles. The topological polar surface area (TPSA) is 57.1 Å². The lowest BCUT2D eigenvalue weighted by Crippen LogP contribution is -2.41. The number of carbonyl (C=O) groups excluding carboxylic acids is 1. The van der Waals surface area contributed by atoms with Gasteiger partial charge < -0.3 is 10.2 Å². The molecule has 32 heavy (non-hydrogen) atoms. The minimum Gasteiger partial charge on any atom is -0.325 e. The zero-order valence-electron chi connectivity index (χ0n) is 17.6. The van der Waals surface area contributed by atoms with Gasteiger partial charge in [0.15, 0.2) is 17.3 Å². The third kappa shape index (κ3) is 5.19. The first-order chi connectivity index (χ1) is 15.4. The molecule has 1 spiro atoms. The van der Waals surface area contributed by atoms with Crippen LogP contribution in [0, 0.1) is 11.6 Å². The van der Waals surface area contributed by atoms with E-state index in [1.54, 1.807) is 0 Å². The van der Waals surface area contributed by atoms with E-state index in [1.807, 2.05) is 24.3 Å². The number of thioether (sulfide) groups is 1. The first kappa shape index (κ1) is 22.9. The van der Waals surface area contributed by atoms with E-state index in [0.29, 0.717) is 10.1 Å². The molecular formula is C23H23ClF2N4OS. The molecule has 9 heteroatoms. The SMILES string of the molecule is CCN1CCC2(CC1)N=C(SCC(=O)Nc1ccc(F)c(F)c1)C(c1ccc(Cl)cc1)=N2. The number of piperidine rings is 1. The van der Waals surface area contributed by atoms with Crippen LogP contribution in [-0.2, 0) is 4.79 Å². The molecule has 2 aliphatic rings. The van der Waals surface area contributed by atoms with Crippen LogP contribution in [0.15, 0.2) is 52.4 Å². The third-order valence-corrected chi connectivity index (χ3v) is 6.81. The number of hydrogen-bond acceptors (Lipinski definition) is 5. The van der Waals surface area contributed by atoms with Crippen molar-refractivity contribution in [3.8, 4) is 0 Å². The van der Waals surface area contributed by atoms with Crippen LogP contribution < -0.4 is 5.32 Å². The molecule has 0 atom stereocenters. The Morgan fingerprint density at radius 1 is 1.12 bits per heavy atom. The highest BCUT2D eigenvalue weighted by molar-refractivity contribution is 8.16. The van der Waals surface area contributed by atoms with Crippen LogP contribution in [-0.4, -0.2) is 52.6 Å². The maximum absolute atomic E-state index is 13.4. The highest BCUT2D eigenvalue weighted by Crippen LogP contribution is 2.35. The molecule has 168 valence electrons. The molecule has 5 nitrogen and oxygen atoms in total. The number of carbonyl (C=O) groups is 1. The van der Waals surface area contributed by atoms with Gasteiger partial charge in [0.05, 0.1) is 11.5 Å². The molecule has 0 aromatic heterocycles. The lowest BCUT2D eigenvalue weighted by atomic mass is 9.98. The Balaban J connectivity index is 1.50. The number of halogens is 3. The van der Waals surface area contributed by atoms with Gasteiger partial charge in [-0.3, -0.25) is 9.79 Å². The Hall–Kier alpha value is -2.29. The van der Waals surface area contributed by atoms with Crippen molar-refractivity contribution in [2.75, 3.05) is 30.7 Å². The first-order valence-corrected chi connectivity index (χ1v) is 11.8. The van der Waals surface area contributed by atoms with Crippen LogP contribution in [0.2, 0.25) is 5.02 Å². The van der Waals surface area contributed by atoms with Crippen molar-refractivity contribution in [2.24, 2.45) is 9.98 Å².